The molecule has 1 unspecified atom stereocenters. The second-order valence-corrected chi connectivity index (χ2v) is 5.26. The van der Waals surface area contributed by atoms with E-state index in [2.05, 4.69) is 42.5 Å². The van der Waals surface area contributed by atoms with Crippen LogP contribution in [0.5, 0.6) is 5.75 Å². The molecule has 0 amide bonds. The van der Waals surface area contributed by atoms with Gasteiger partial charge in [-0.3, -0.25) is 0 Å². The Kier molecular flexibility index (Phi) is 5.02. The Bertz CT molecular complexity index is 365. The molecule has 0 saturated carbocycles. The molecule has 0 aliphatic carbocycles. The molecule has 0 radical (unpaired) electrons. The van der Waals surface area contributed by atoms with Gasteiger partial charge in [-0.2, -0.15) is 0 Å². The summed E-state index contributed by atoms with van der Waals surface area (Å²) in [5.74, 6) is 1.59. The molecule has 2 rings (SSSR count). The smallest absolute Gasteiger partial charge is 0.122 e. The van der Waals surface area contributed by atoms with Crippen molar-refractivity contribution in [3.05, 3.63) is 29.8 Å². The Labute approximate surface area is 110 Å². The highest BCUT2D eigenvalue weighted by atomic mass is 16.5. The lowest BCUT2D eigenvalue weighted by atomic mass is 10.0. The topological polar surface area (TPSA) is 24.5 Å². The Hall–Kier alpha value is -1.06. The number of ether oxygens (including phenoxy) is 1. The van der Waals surface area contributed by atoms with E-state index >= 15 is 0 Å². The molecule has 0 bridgehead atoms. The molecule has 100 valence electrons. The summed E-state index contributed by atoms with van der Waals surface area (Å²) in [5.41, 5.74) is 1.36. The van der Waals surface area contributed by atoms with E-state index < -0.39 is 0 Å². The van der Waals surface area contributed by atoms with Gasteiger partial charge in [0.25, 0.3) is 0 Å². The van der Waals surface area contributed by atoms with Crippen LogP contribution in [0.1, 0.15) is 24.3 Å². The van der Waals surface area contributed by atoms with E-state index in [4.69, 9.17) is 4.74 Å². The Balaban J connectivity index is 1.64. The molecule has 0 aromatic heterocycles. The largest absolute Gasteiger partial charge is 0.493 e. The van der Waals surface area contributed by atoms with Crippen molar-refractivity contribution in [1.29, 1.82) is 0 Å². The van der Waals surface area contributed by atoms with Gasteiger partial charge in [0.2, 0.25) is 0 Å². The predicted molar refractivity (Wildman–Crippen MR) is 75.3 cm³/mol. The summed E-state index contributed by atoms with van der Waals surface area (Å²) in [6.07, 6.45) is 2.51. The Morgan fingerprint density at radius 2 is 2.11 bits per heavy atom. The number of rotatable bonds is 7. The summed E-state index contributed by atoms with van der Waals surface area (Å²) in [5, 5.41) is 3.54. The van der Waals surface area contributed by atoms with Gasteiger partial charge in [-0.25, -0.2) is 0 Å². The molecule has 1 aromatic rings. The molecule has 3 nitrogen and oxygen atoms in total. The molecule has 1 aliphatic heterocycles. The fraction of sp³-hybridized carbons (Fsp3) is 0.600. The van der Waals surface area contributed by atoms with Crippen LogP contribution in [-0.2, 0) is 0 Å². The maximum Gasteiger partial charge on any atom is 0.122 e. The second kappa shape index (κ2) is 6.76. The van der Waals surface area contributed by atoms with E-state index in [-0.39, 0.29) is 0 Å². The maximum absolute atomic E-state index is 5.67. The number of benzene rings is 1. The van der Waals surface area contributed by atoms with Crippen LogP contribution in [0.2, 0.25) is 0 Å². The van der Waals surface area contributed by atoms with Crippen LogP contribution in [0.3, 0.4) is 0 Å². The average Bonchev–Trinajstić information content (AvgIpc) is 2.77. The molecular formula is C15H24N2O. The highest BCUT2D eigenvalue weighted by Gasteiger charge is 2.22. The molecule has 1 heterocycles. The average molecular weight is 248 g/mol. The van der Waals surface area contributed by atoms with Crippen molar-refractivity contribution in [3.63, 3.8) is 0 Å². The lowest BCUT2D eigenvalue weighted by Crippen LogP contribution is -2.24. The van der Waals surface area contributed by atoms with Gasteiger partial charge in [0, 0.05) is 18.0 Å². The lowest BCUT2D eigenvalue weighted by Gasteiger charge is -2.12. The highest BCUT2D eigenvalue weighted by Crippen LogP contribution is 2.32. The van der Waals surface area contributed by atoms with Crippen LogP contribution < -0.4 is 10.1 Å². The quantitative estimate of drug-likeness (QED) is 0.748. The van der Waals surface area contributed by atoms with E-state index in [1.165, 1.54) is 24.9 Å². The van der Waals surface area contributed by atoms with Gasteiger partial charge in [-0.15, -0.1) is 0 Å². The van der Waals surface area contributed by atoms with E-state index in [1.807, 2.05) is 6.07 Å². The van der Waals surface area contributed by atoms with Gasteiger partial charge in [0.05, 0.1) is 6.61 Å². The van der Waals surface area contributed by atoms with Crippen molar-refractivity contribution >= 4 is 0 Å². The Morgan fingerprint density at radius 3 is 2.94 bits per heavy atom. The molecule has 1 aromatic carbocycles. The van der Waals surface area contributed by atoms with Crippen LogP contribution in [0.15, 0.2) is 24.3 Å². The first-order valence-corrected chi connectivity index (χ1v) is 6.84. The van der Waals surface area contributed by atoms with Crippen LogP contribution in [0.25, 0.3) is 0 Å². The predicted octanol–water partition coefficient (Wildman–Crippen LogP) is 2.09. The molecule has 0 fully saturated rings. The zero-order chi connectivity index (χ0) is 12.8. The van der Waals surface area contributed by atoms with Crippen LogP contribution in [0.4, 0.5) is 0 Å². The van der Waals surface area contributed by atoms with E-state index in [0.29, 0.717) is 5.92 Å². The summed E-state index contributed by atoms with van der Waals surface area (Å²) in [7, 11) is 4.25. The zero-order valence-corrected chi connectivity index (χ0v) is 11.5. The van der Waals surface area contributed by atoms with Gasteiger partial charge in [-0.1, -0.05) is 18.2 Å². The van der Waals surface area contributed by atoms with E-state index in [9.17, 15) is 0 Å². The van der Waals surface area contributed by atoms with Crippen molar-refractivity contribution in [3.8, 4) is 5.75 Å². The molecule has 18 heavy (non-hydrogen) atoms. The first-order valence-electron chi connectivity index (χ1n) is 6.84. The zero-order valence-electron chi connectivity index (χ0n) is 11.5. The SMILES string of the molecule is CN(C)CCCCNCC1COc2ccccc21. The summed E-state index contributed by atoms with van der Waals surface area (Å²) in [4.78, 5) is 2.24. The van der Waals surface area contributed by atoms with Gasteiger partial charge in [-0.05, 0) is 46.1 Å². The fourth-order valence-electron chi connectivity index (χ4n) is 2.35. The van der Waals surface area contributed by atoms with E-state index in [1.54, 1.807) is 0 Å². The van der Waals surface area contributed by atoms with Crippen LogP contribution in [-0.4, -0.2) is 45.2 Å². The summed E-state index contributed by atoms with van der Waals surface area (Å²) in [6.45, 7) is 4.13. The molecular weight excluding hydrogens is 224 g/mol. The van der Waals surface area contributed by atoms with Crippen LogP contribution in [0, 0.1) is 0 Å². The maximum atomic E-state index is 5.67. The normalized spacial score (nSPS) is 17.8. The van der Waals surface area contributed by atoms with Gasteiger partial charge >= 0.3 is 0 Å². The number of para-hydroxylation sites is 1. The first kappa shape index (κ1) is 13.4. The number of nitrogens with zero attached hydrogens (tertiary/aromatic N) is 1. The third-order valence-electron chi connectivity index (χ3n) is 3.40. The third kappa shape index (κ3) is 3.72. The minimum atomic E-state index is 0.523. The number of nitrogens with one attached hydrogen (secondary N) is 1. The minimum Gasteiger partial charge on any atom is -0.493 e. The van der Waals surface area contributed by atoms with Crippen molar-refractivity contribution in [2.45, 2.75) is 18.8 Å². The van der Waals surface area contributed by atoms with Crippen LogP contribution >= 0.6 is 0 Å². The van der Waals surface area contributed by atoms with Crippen molar-refractivity contribution in [2.24, 2.45) is 0 Å². The first-order chi connectivity index (χ1) is 8.77. The van der Waals surface area contributed by atoms with Gasteiger partial charge < -0.3 is 15.0 Å². The van der Waals surface area contributed by atoms with Gasteiger partial charge in [0.15, 0.2) is 0 Å². The number of unbranched alkanes of at least 4 members (excludes halogenated alkanes) is 1. The monoisotopic (exact) mass is 248 g/mol. The standard InChI is InChI=1S/C15H24N2O/c1-17(2)10-6-5-9-16-11-13-12-18-15-8-4-3-7-14(13)15/h3-4,7-8,13,16H,5-6,9-12H2,1-2H3. The molecule has 3 heteroatoms. The number of hydrogen-bond acceptors (Lipinski definition) is 3. The Morgan fingerprint density at radius 1 is 1.28 bits per heavy atom. The highest BCUT2D eigenvalue weighted by molar-refractivity contribution is 5.39. The molecule has 1 N–H and O–H groups in total. The lowest BCUT2D eigenvalue weighted by molar-refractivity contribution is 0.325. The summed E-state index contributed by atoms with van der Waals surface area (Å²) in [6, 6.07) is 8.38. The molecule has 1 atom stereocenters. The fourth-order valence-corrected chi connectivity index (χ4v) is 2.35. The van der Waals surface area contributed by atoms with E-state index in [0.717, 1.165) is 25.4 Å². The second-order valence-electron chi connectivity index (χ2n) is 5.26. The molecule has 1 aliphatic rings. The summed E-state index contributed by atoms with van der Waals surface area (Å²) >= 11 is 0. The van der Waals surface area contributed by atoms with Crippen molar-refractivity contribution in [1.82, 2.24) is 10.2 Å². The third-order valence-corrected chi connectivity index (χ3v) is 3.40. The van der Waals surface area contributed by atoms with Gasteiger partial charge in [0.1, 0.15) is 5.75 Å². The van der Waals surface area contributed by atoms with Crippen molar-refractivity contribution < 1.29 is 4.74 Å². The number of fused-ring (bicyclic) bond motifs is 1. The minimum absolute atomic E-state index is 0.523. The molecule has 0 saturated heterocycles. The number of hydrogen-bond donors (Lipinski definition) is 1. The molecule has 0 spiro atoms. The summed E-state index contributed by atoms with van der Waals surface area (Å²) < 4.78 is 5.67. The van der Waals surface area contributed by atoms with Crippen molar-refractivity contribution in [2.75, 3.05) is 40.3 Å².